The van der Waals surface area contributed by atoms with Crippen LogP contribution in [-0.2, 0) is 11.2 Å². The highest BCUT2D eigenvalue weighted by Crippen LogP contribution is 2.38. The molecule has 0 aliphatic carbocycles. The molecule has 0 saturated carbocycles. The molecule has 0 radical (unpaired) electrons. The zero-order valence-electron chi connectivity index (χ0n) is 13.5. The Morgan fingerprint density at radius 2 is 1.73 bits per heavy atom. The normalized spacial score (nSPS) is 16.5. The summed E-state index contributed by atoms with van der Waals surface area (Å²) in [7, 11) is 0. The van der Waals surface area contributed by atoms with Crippen LogP contribution in [0, 0.1) is 27.7 Å². The van der Waals surface area contributed by atoms with Crippen LogP contribution < -0.4 is 5.32 Å². The van der Waals surface area contributed by atoms with Crippen molar-refractivity contribution in [2.24, 2.45) is 0 Å². The van der Waals surface area contributed by atoms with E-state index in [-0.39, 0.29) is 11.2 Å². The van der Waals surface area contributed by atoms with Crippen LogP contribution in [-0.4, -0.2) is 11.2 Å². The molecule has 0 saturated heterocycles. The molecule has 0 unspecified atom stereocenters. The number of amides is 1. The van der Waals surface area contributed by atoms with Crippen LogP contribution in [0.1, 0.15) is 27.8 Å². The molecule has 1 heterocycles. The smallest absolute Gasteiger partial charge is 0.238 e. The van der Waals surface area contributed by atoms with E-state index in [1.807, 2.05) is 0 Å². The maximum Gasteiger partial charge on any atom is 0.238 e. The second-order valence-electron chi connectivity index (χ2n) is 6.18. The van der Waals surface area contributed by atoms with Crippen molar-refractivity contribution in [2.45, 2.75) is 44.3 Å². The van der Waals surface area contributed by atoms with E-state index in [9.17, 15) is 4.79 Å². The van der Waals surface area contributed by atoms with Crippen molar-refractivity contribution in [3.63, 3.8) is 0 Å². The van der Waals surface area contributed by atoms with E-state index in [0.717, 1.165) is 23.2 Å². The molecule has 0 spiro atoms. The van der Waals surface area contributed by atoms with Gasteiger partial charge in [0.1, 0.15) is 0 Å². The largest absolute Gasteiger partial charge is 0.325 e. The number of thioether (sulfide) groups is 1. The number of anilines is 1. The number of hydrogen-bond acceptors (Lipinski definition) is 2. The highest BCUT2D eigenvalue weighted by molar-refractivity contribution is 8.01. The first kappa shape index (κ1) is 15.2. The minimum atomic E-state index is -0.0306. The molecule has 2 nitrogen and oxygen atoms in total. The molecule has 0 fully saturated rings. The van der Waals surface area contributed by atoms with Crippen molar-refractivity contribution < 1.29 is 4.79 Å². The maximum absolute atomic E-state index is 12.6. The third-order valence-electron chi connectivity index (χ3n) is 4.11. The molecule has 3 heteroatoms. The van der Waals surface area contributed by atoms with Crippen molar-refractivity contribution >= 4 is 23.4 Å². The van der Waals surface area contributed by atoms with E-state index in [2.05, 4.69) is 63.3 Å². The lowest BCUT2D eigenvalue weighted by molar-refractivity contribution is -0.115. The summed E-state index contributed by atoms with van der Waals surface area (Å²) in [5.74, 6) is 0.105. The molecule has 1 aliphatic rings. The van der Waals surface area contributed by atoms with Crippen LogP contribution in [0.25, 0.3) is 0 Å². The first-order valence-electron chi connectivity index (χ1n) is 7.59. The molecule has 1 atom stereocenters. The van der Waals surface area contributed by atoms with Crippen molar-refractivity contribution in [3.05, 3.63) is 58.1 Å². The summed E-state index contributed by atoms with van der Waals surface area (Å²) in [6, 6.07) is 10.7. The van der Waals surface area contributed by atoms with Gasteiger partial charge in [0.15, 0.2) is 0 Å². The second kappa shape index (κ2) is 5.81. The van der Waals surface area contributed by atoms with Crippen molar-refractivity contribution in [3.8, 4) is 0 Å². The Morgan fingerprint density at radius 3 is 2.41 bits per heavy atom. The highest BCUT2D eigenvalue weighted by Gasteiger charge is 2.28. The molecule has 1 amide bonds. The summed E-state index contributed by atoms with van der Waals surface area (Å²) in [6.45, 7) is 8.27. The number of nitrogens with one attached hydrogen (secondary N) is 1. The van der Waals surface area contributed by atoms with Gasteiger partial charge in [-0.2, -0.15) is 0 Å². The number of hydrogen-bond donors (Lipinski definition) is 1. The molecule has 0 bridgehead atoms. The van der Waals surface area contributed by atoms with E-state index in [4.69, 9.17) is 0 Å². The second-order valence-corrected chi connectivity index (χ2v) is 7.43. The Labute approximate surface area is 136 Å². The van der Waals surface area contributed by atoms with Crippen molar-refractivity contribution in [1.29, 1.82) is 0 Å². The molecular weight excluding hydrogens is 290 g/mol. The van der Waals surface area contributed by atoms with Gasteiger partial charge in [-0.25, -0.2) is 0 Å². The van der Waals surface area contributed by atoms with E-state index in [1.54, 1.807) is 11.8 Å². The number of aryl methyl sites for hydroxylation is 4. The summed E-state index contributed by atoms with van der Waals surface area (Å²) in [5, 5.41) is 3.11. The summed E-state index contributed by atoms with van der Waals surface area (Å²) in [5.41, 5.74) is 6.98. The zero-order valence-corrected chi connectivity index (χ0v) is 14.3. The number of fused-ring (bicyclic) bond motifs is 1. The van der Waals surface area contributed by atoms with Crippen LogP contribution in [0.15, 0.2) is 35.2 Å². The van der Waals surface area contributed by atoms with Gasteiger partial charge >= 0.3 is 0 Å². The summed E-state index contributed by atoms with van der Waals surface area (Å²) in [6.07, 6.45) is 0.816. The van der Waals surface area contributed by atoms with Gasteiger partial charge in [-0.1, -0.05) is 35.4 Å². The van der Waals surface area contributed by atoms with E-state index < -0.39 is 0 Å². The van der Waals surface area contributed by atoms with Gasteiger partial charge in [0, 0.05) is 10.6 Å². The van der Waals surface area contributed by atoms with Gasteiger partial charge in [-0.15, -0.1) is 11.8 Å². The minimum absolute atomic E-state index is 0.0306. The molecule has 1 aliphatic heterocycles. The quantitative estimate of drug-likeness (QED) is 0.880. The Morgan fingerprint density at radius 1 is 1.05 bits per heavy atom. The highest BCUT2D eigenvalue weighted by atomic mass is 32.2. The third-order valence-corrected chi connectivity index (χ3v) is 5.41. The lowest BCUT2D eigenvalue weighted by Crippen LogP contribution is -2.25. The Hall–Kier alpha value is -1.74. The van der Waals surface area contributed by atoms with E-state index >= 15 is 0 Å². The lowest BCUT2D eigenvalue weighted by atomic mass is 10.0. The standard InChI is InChI=1S/C19H21NOS/c1-11-5-6-15-10-17(22-16(15)9-11)19(21)20-18-13(3)7-12(2)8-14(18)4/h5-9,17H,10H2,1-4H3,(H,20,21)/t17-/m0/s1. The fraction of sp³-hybridized carbons (Fsp3) is 0.316. The van der Waals surface area contributed by atoms with Crippen molar-refractivity contribution in [2.75, 3.05) is 5.32 Å². The SMILES string of the molecule is Cc1cc(C)c(NC(=O)[C@@H]2Cc3ccc(C)cc3S2)c(C)c1. The van der Waals surface area contributed by atoms with E-state index in [1.165, 1.54) is 21.6 Å². The topological polar surface area (TPSA) is 29.1 Å². The van der Waals surface area contributed by atoms with Crippen LogP contribution in [0.3, 0.4) is 0 Å². The van der Waals surface area contributed by atoms with Crippen LogP contribution in [0.5, 0.6) is 0 Å². The lowest BCUT2D eigenvalue weighted by Gasteiger charge is -2.15. The first-order chi connectivity index (χ1) is 10.4. The number of benzene rings is 2. The van der Waals surface area contributed by atoms with Gasteiger partial charge < -0.3 is 5.32 Å². The van der Waals surface area contributed by atoms with Crippen LogP contribution >= 0.6 is 11.8 Å². The number of carbonyl (C=O) groups is 1. The summed E-state index contributed by atoms with van der Waals surface area (Å²) >= 11 is 1.68. The molecular formula is C19H21NOS. The first-order valence-corrected chi connectivity index (χ1v) is 8.47. The summed E-state index contributed by atoms with van der Waals surface area (Å²) in [4.78, 5) is 13.9. The van der Waals surface area contributed by atoms with Gasteiger partial charge in [-0.3, -0.25) is 4.79 Å². The number of rotatable bonds is 2. The fourth-order valence-electron chi connectivity index (χ4n) is 3.06. The van der Waals surface area contributed by atoms with Gasteiger partial charge in [0.25, 0.3) is 0 Å². The maximum atomic E-state index is 12.6. The molecule has 3 rings (SSSR count). The molecule has 1 N–H and O–H groups in total. The predicted molar refractivity (Wildman–Crippen MR) is 93.8 cm³/mol. The predicted octanol–water partition coefficient (Wildman–Crippen LogP) is 4.58. The Balaban J connectivity index is 1.77. The van der Waals surface area contributed by atoms with Crippen LogP contribution in [0.2, 0.25) is 0 Å². The third kappa shape index (κ3) is 2.91. The average molecular weight is 311 g/mol. The molecule has 114 valence electrons. The Kier molecular flexibility index (Phi) is 4.00. The molecule has 22 heavy (non-hydrogen) atoms. The monoisotopic (exact) mass is 311 g/mol. The Bertz CT molecular complexity index is 728. The molecule has 2 aromatic rings. The fourth-order valence-corrected chi connectivity index (χ4v) is 4.35. The minimum Gasteiger partial charge on any atom is -0.325 e. The zero-order chi connectivity index (χ0) is 15.9. The molecule has 2 aromatic carbocycles. The average Bonchev–Trinajstić information content (AvgIpc) is 2.85. The van der Waals surface area contributed by atoms with Gasteiger partial charge in [0.2, 0.25) is 5.91 Å². The van der Waals surface area contributed by atoms with Crippen LogP contribution in [0.4, 0.5) is 5.69 Å². The van der Waals surface area contributed by atoms with E-state index in [0.29, 0.717) is 0 Å². The van der Waals surface area contributed by atoms with Gasteiger partial charge in [-0.05, 0) is 56.9 Å². The van der Waals surface area contributed by atoms with Gasteiger partial charge in [0.05, 0.1) is 5.25 Å². The molecule has 0 aromatic heterocycles. The van der Waals surface area contributed by atoms with Crippen molar-refractivity contribution in [1.82, 2.24) is 0 Å². The summed E-state index contributed by atoms with van der Waals surface area (Å²) < 4.78 is 0. The number of carbonyl (C=O) groups excluding carboxylic acids is 1.